The van der Waals surface area contributed by atoms with Gasteiger partial charge in [-0.15, -0.1) is 0 Å². The van der Waals surface area contributed by atoms with Gasteiger partial charge in [-0.05, 0) is 63.3 Å². The van der Waals surface area contributed by atoms with E-state index in [0.717, 1.165) is 35.2 Å². The molecule has 30 heavy (non-hydrogen) atoms. The summed E-state index contributed by atoms with van der Waals surface area (Å²) in [7, 11) is 0. The second-order valence-corrected chi connectivity index (χ2v) is 9.32. The molecule has 0 saturated heterocycles. The Morgan fingerprint density at radius 2 is 2.03 bits per heavy atom. The van der Waals surface area contributed by atoms with Crippen LogP contribution < -0.4 is 5.56 Å². The molecule has 2 aliphatic rings. The summed E-state index contributed by atoms with van der Waals surface area (Å²) in [5.41, 5.74) is 3.26. The number of carbonyl (C=O) groups is 1. The van der Waals surface area contributed by atoms with Crippen molar-refractivity contribution in [3.8, 4) is 0 Å². The molecule has 1 amide bonds. The van der Waals surface area contributed by atoms with E-state index in [-0.39, 0.29) is 17.5 Å². The van der Waals surface area contributed by atoms with E-state index in [2.05, 4.69) is 22.6 Å². The molecular formula is C23H28N4O3. The Morgan fingerprint density at radius 1 is 1.30 bits per heavy atom. The van der Waals surface area contributed by atoms with E-state index in [1.54, 1.807) is 11.1 Å². The van der Waals surface area contributed by atoms with Crippen LogP contribution >= 0.6 is 0 Å². The Hall–Kier alpha value is -2.96. The smallest absolute Gasteiger partial charge is 0.410 e. The molecule has 0 radical (unpaired) electrons. The molecule has 4 rings (SSSR count). The van der Waals surface area contributed by atoms with Gasteiger partial charge in [-0.25, -0.2) is 9.78 Å². The maximum Gasteiger partial charge on any atom is 0.410 e. The molecular weight excluding hydrogens is 380 g/mol. The number of amides is 1. The van der Waals surface area contributed by atoms with Crippen molar-refractivity contribution >= 4 is 11.7 Å². The van der Waals surface area contributed by atoms with E-state index >= 15 is 0 Å². The van der Waals surface area contributed by atoms with Crippen molar-refractivity contribution in [2.45, 2.75) is 64.5 Å². The molecule has 3 heterocycles. The van der Waals surface area contributed by atoms with Crippen molar-refractivity contribution in [2.75, 3.05) is 6.54 Å². The normalized spacial score (nSPS) is 17.3. The van der Waals surface area contributed by atoms with Crippen LogP contribution in [-0.4, -0.2) is 38.1 Å². The lowest BCUT2D eigenvalue weighted by Gasteiger charge is -2.30. The quantitative estimate of drug-likeness (QED) is 0.839. The maximum absolute atomic E-state index is 12.9. The fourth-order valence-electron chi connectivity index (χ4n) is 3.86. The number of aromatic nitrogens is 3. The Kier molecular flexibility index (Phi) is 4.79. The van der Waals surface area contributed by atoms with Crippen LogP contribution in [0.5, 0.6) is 0 Å². The molecule has 0 bridgehead atoms. The predicted octanol–water partition coefficient (Wildman–Crippen LogP) is 3.57. The van der Waals surface area contributed by atoms with E-state index < -0.39 is 11.7 Å². The number of nitrogens with zero attached hydrogens (tertiary/aromatic N) is 3. The number of hydrogen-bond donors (Lipinski definition) is 1. The largest absolute Gasteiger partial charge is 0.444 e. The van der Waals surface area contributed by atoms with Gasteiger partial charge in [-0.2, -0.15) is 0 Å². The minimum absolute atomic E-state index is 0.182. The maximum atomic E-state index is 12.9. The number of carbonyl (C=O) groups excluding carboxylic acids is 1. The van der Waals surface area contributed by atoms with Crippen molar-refractivity contribution in [3.63, 3.8) is 0 Å². The van der Waals surface area contributed by atoms with Crippen molar-refractivity contribution in [1.29, 1.82) is 0 Å². The number of rotatable bonds is 3. The lowest BCUT2D eigenvalue weighted by molar-refractivity contribution is 0.0221. The van der Waals surface area contributed by atoms with Gasteiger partial charge in [0, 0.05) is 25.4 Å². The molecule has 1 aliphatic carbocycles. The van der Waals surface area contributed by atoms with E-state index in [4.69, 9.17) is 9.72 Å². The Morgan fingerprint density at radius 3 is 2.67 bits per heavy atom. The first-order valence-corrected chi connectivity index (χ1v) is 10.3. The highest BCUT2D eigenvalue weighted by atomic mass is 16.6. The fourth-order valence-corrected chi connectivity index (χ4v) is 3.86. The zero-order valence-corrected chi connectivity index (χ0v) is 18.0. The van der Waals surface area contributed by atoms with E-state index in [9.17, 15) is 9.59 Å². The van der Waals surface area contributed by atoms with Crippen LogP contribution in [0, 0.1) is 0 Å². The van der Waals surface area contributed by atoms with Gasteiger partial charge in [-0.1, -0.05) is 6.58 Å². The molecule has 158 valence electrons. The SMILES string of the molecule is C=C(C)c1cncc(C2(c3nc4c(c(=O)[nH]3)CN(C(=O)OC(C)(C)C)CC4)CC2)c1. The van der Waals surface area contributed by atoms with Crippen LogP contribution in [0.3, 0.4) is 0 Å². The summed E-state index contributed by atoms with van der Waals surface area (Å²) in [5, 5.41) is 0. The van der Waals surface area contributed by atoms with Crippen LogP contribution in [0.15, 0.2) is 29.8 Å². The highest BCUT2D eigenvalue weighted by Crippen LogP contribution is 2.52. The molecule has 0 spiro atoms. The standard InChI is InChI=1S/C23H28N4O3/c1-14(2)15-10-16(12-24-11-15)23(7-8-23)20-25-18-6-9-27(13-17(18)19(28)26-20)21(29)30-22(3,4)5/h10-12H,1,6-9,13H2,2-5H3,(H,25,26,28). The summed E-state index contributed by atoms with van der Waals surface area (Å²) in [6.45, 7) is 12.1. The number of pyridine rings is 1. The molecule has 1 saturated carbocycles. The summed E-state index contributed by atoms with van der Waals surface area (Å²) < 4.78 is 5.45. The predicted molar refractivity (Wildman–Crippen MR) is 114 cm³/mol. The average Bonchev–Trinajstić information content (AvgIpc) is 3.48. The van der Waals surface area contributed by atoms with Gasteiger partial charge in [0.05, 0.1) is 23.2 Å². The van der Waals surface area contributed by atoms with Gasteiger partial charge in [0.25, 0.3) is 5.56 Å². The first kappa shape index (κ1) is 20.3. The number of H-pyrrole nitrogens is 1. The van der Waals surface area contributed by atoms with Crippen LogP contribution in [0.1, 0.15) is 68.7 Å². The van der Waals surface area contributed by atoms with E-state index in [0.29, 0.717) is 24.4 Å². The minimum atomic E-state index is -0.573. The second-order valence-electron chi connectivity index (χ2n) is 9.32. The number of allylic oxidation sites excluding steroid dienone is 1. The Labute approximate surface area is 176 Å². The number of ether oxygens (including phenoxy) is 1. The number of fused-ring (bicyclic) bond motifs is 1. The van der Waals surface area contributed by atoms with Crippen LogP contribution in [-0.2, 0) is 23.1 Å². The van der Waals surface area contributed by atoms with Gasteiger partial charge < -0.3 is 14.6 Å². The van der Waals surface area contributed by atoms with Gasteiger partial charge in [0.2, 0.25) is 0 Å². The molecule has 0 atom stereocenters. The van der Waals surface area contributed by atoms with Crippen LogP contribution in [0.4, 0.5) is 4.79 Å². The van der Waals surface area contributed by atoms with Crippen molar-refractivity contribution in [2.24, 2.45) is 0 Å². The zero-order valence-electron chi connectivity index (χ0n) is 18.0. The first-order valence-electron chi connectivity index (χ1n) is 10.3. The molecule has 1 aliphatic heterocycles. The summed E-state index contributed by atoms with van der Waals surface area (Å²) in [4.78, 5) is 39.1. The van der Waals surface area contributed by atoms with E-state index in [1.165, 1.54) is 0 Å². The highest BCUT2D eigenvalue weighted by molar-refractivity contribution is 5.68. The Bertz CT molecular complexity index is 1080. The number of aromatic amines is 1. The third-order valence-corrected chi connectivity index (χ3v) is 5.71. The van der Waals surface area contributed by atoms with Gasteiger partial charge in [-0.3, -0.25) is 9.78 Å². The molecule has 2 aromatic heterocycles. The highest BCUT2D eigenvalue weighted by Gasteiger charge is 2.49. The van der Waals surface area contributed by atoms with Gasteiger partial charge in [0.1, 0.15) is 11.4 Å². The zero-order chi connectivity index (χ0) is 21.7. The third-order valence-electron chi connectivity index (χ3n) is 5.71. The first-order chi connectivity index (χ1) is 14.1. The topological polar surface area (TPSA) is 88.2 Å². The van der Waals surface area contributed by atoms with Gasteiger partial charge >= 0.3 is 6.09 Å². The molecule has 0 aromatic carbocycles. The second kappa shape index (κ2) is 7.07. The minimum Gasteiger partial charge on any atom is -0.444 e. The third kappa shape index (κ3) is 3.76. The van der Waals surface area contributed by atoms with Crippen LogP contribution in [0.25, 0.3) is 5.57 Å². The monoisotopic (exact) mass is 408 g/mol. The molecule has 1 fully saturated rings. The Balaban J connectivity index is 1.63. The number of nitrogens with one attached hydrogen (secondary N) is 1. The molecule has 7 nitrogen and oxygen atoms in total. The molecule has 1 N–H and O–H groups in total. The fraction of sp³-hybridized carbons (Fsp3) is 0.478. The summed E-state index contributed by atoms with van der Waals surface area (Å²) in [5.74, 6) is 0.692. The summed E-state index contributed by atoms with van der Waals surface area (Å²) in [6, 6.07) is 2.09. The van der Waals surface area contributed by atoms with Gasteiger partial charge in [0.15, 0.2) is 0 Å². The van der Waals surface area contributed by atoms with Crippen molar-refractivity contribution in [1.82, 2.24) is 19.9 Å². The lowest BCUT2D eigenvalue weighted by atomic mass is 9.94. The van der Waals surface area contributed by atoms with Crippen molar-refractivity contribution < 1.29 is 9.53 Å². The number of hydrogen-bond acceptors (Lipinski definition) is 5. The van der Waals surface area contributed by atoms with Crippen LogP contribution in [0.2, 0.25) is 0 Å². The van der Waals surface area contributed by atoms with Crippen molar-refractivity contribution in [3.05, 3.63) is 63.6 Å². The molecule has 7 heteroatoms. The molecule has 0 unspecified atom stereocenters. The summed E-state index contributed by atoms with van der Waals surface area (Å²) in [6.07, 6.45) is 5.61. The summed E-state index contributed by atoms with van der Waals surface area (Å²) >= 11 is 0. The van der Waals surface area contributed by atoms with E-state index in [1.807, 2.05) is 33.9 Å². The average molecular weight is 409 g/mol. The molecule has 2 aromatic rings. The lowest BCUT2D eigenvalue weighted by Crippen LogP contribution is -2.42.